The maximum absolute atomic E-state index is 5.87. The number of aryl methyl sites for hydroxylation is 1. The van der Waals surface area contributed by atoms with Crippen molar-refractivity contribution in [1.82, 2.24) is 9.97 Å². The van der Waals surface area contributed by atoms with Gasteiger partial charge in [-0.1, -0.05) is 0 Å². The van der Waals surface area contributed by atoms with Crippen molar-refractivity contribution >= 4 is 17.7 Å². The Morgan fingerprint density at radius 3 is 3.28 bits per heavy atom. The zero-order valence-corrected chi connectivity index (χ0v) is 11.5. The van der Waals surface area contributed by atoms with Crippen LogP contribution in [-0.2, 0) is 12.2 Å². The molecule has 1 fully saturated rings. The van der Waals surface area contributed by atoms with Gasteiger partial charge in [0.05, 0.1) is 5.69 Å². The normalized spacial score (nSPS) is 23.8. The number of nitrogens with zero attached hydrogens (tertiary/aromatic N) is 3. The molecular weight excluding hydrogens is 244 g/mol. The van der Waals surface area contributed by atoms with Gasteiger partial charge in [-0.2, -0.15) is 11.8 Å². The third kappa shape index (κ3) is 2.34. The number of anilines is 1. The summed E-state index contributed by atoms with van der Waals surface area (Å²) in [4.78, 5) is 11.7. The maximum atomic E-state index is 5.87. The predicted molar refractivity (Wildman–Crippen MR) is 75.9 cm³/mol. The van der Waals surface area contributed by atoms with Crippen molar-refractivity contribution in [2.75, 3.05) is 23.7 Å². The zero-order valence-electron chi connectivity index (χ0n) is 10.6. The van der Waals surface area contributed by atoms with Crippen molar-refractivity contribution in [3.8, 4) is 0 Å². The summed E-state index contributed by atoms with van der Waals surface area (Å²) in [6.07, 6.45) is 6.78. The summed E-state index contributed by atoms with van der Waals surface area (Å²) in [5.41, 5.74) is 8.43. The molecule has 5 heteroatoms. The minimum Gasteiger partial charge on any atom is -0.337 e. The number of thioether (sulfide) groups is 1. The first kappa shape index (κ1) is 12.2. The third-order valence-corrected chi connectivity index (χ3v) is 4.85. The lowest BCUT2D eigenvalue weighted by molar-refractivity contribution is 0.457. The van der Waals surface area contributed by atoms with Crippen molar-refractivity contribution < 1.29 is 0 Å². The molecule has 0 radical (unpaired) electrons. The molecule has 1 unspecified atom stereocenters. The van der Waals surface area contributed by atoms with Crippen LogP contribution in [0.5, 0.6) is 0 Å². The Morgan fingerprint density at radius 2 is 2.39 bits per heavy atom. The van der Waals surface area contributed by atoms with Gasteiger partial charge in [-0.3, -0.25) is 0 Å². The van der Waals surface area contributed by atoms with E-state index < -0.39 is 0 Å². The highest BCUT2D eigenvalue weighted by Gasteiger charge is 2.24. The highest BCUT2D eigenvalue weighted by Crippen LogP contribution is 2.26. The van der Waals surface area contributed by atoms with Crippen LogP contribution in [0.2, 0.25) is 0 Å². The fourth-order valence-electron chi connectivity index (χ4n) is 2.77. The average Bonchev–Trinajstić information content (AvgIpc) is 2.46. The summed E-state index contributed by atoms with van der Waals surface area (Å²) in [6.45, 7) is 1.76. The highest BCUT2D eigenvalue weighted by atomic mass is 32.2. The summed E-state index contributed by atoms with van der Waals surface area (Å²) in [5.74, 6) is 3.15. The number of piperidine rings is 1. The Hall–Kier alpha value is -0.810. The van der Waals surface area contributed by atoms with Crippen LogP contribution in [-0.4, -0.2) is 34.9 Å². The smallest absolute Gasteiger partial charge is 0.225 e. The molecule has 0 aromatic carbocycles. The van der Waals surface area contributed by atoms with Crippen LogP contribution < -0.4 is 10.6 Å². The number of nitrogens with two attached hydrogens (primary N) is 1. The number of hydrogen-bond donors (Lipinski definition) is 1. The largest absolute Gasteiger partial charge is 0.337 e. The minimum absolute atomic E-state index is 0.426. The summed E-state index contributed by atoms with van der Waals surface area (Å²) in [6, 6.07) is 0.426. The molecule has 3 rings (SSSR count). The first-order valence-electron chi connectivity index (χ1n) is 6.77. The summed E-state index contributed by atoms with van der Waals surface area (Å²) >= 11 is 1.97. The molecule has 0 bridgehead atoms. The highest BCUT2D eigenvalue weighted by molar-refractivity contribution is 7.98. The molecule has 0 saturated carbocycles. The Bertz CT molecular complexity index is 423. The second-order valence-corrected chi connectivity index (χ2v) is 6.13. The molecule has 2 aliphatic rings. The maximum Gasteiger partial charge on any atom is 0.225 e. The predicted octanol–water partition coefficient (Wildman–Crippen LogP) is 1.58. The van der Waals surface area contributed by atoms with E-state index in [2.05, 4.69) is 9.88 Å². The van der Waals surface area contributed by atoms with Crippen LogP contribution in [0.4, 0.5) is 5.95 Å². The molecule has 0 amide bonds. The molecule has 18 heavy (non-hydrogen) atoms. The molecule has 1 aromatic rings. The molecule has 4 nitrogen and oxygen atoms in total. The van der Waals surface area contributed by atoms with Gasteiger partial charge in [0.25, 0.3) is 0 Å². The van der Waals surface area contributed by atoms with E-state index in [9.17, 15) is 0 Å². The lowest BCUT2D eigenvalue weighted by Crippen LogP contribution is -2.45. The monoisotopic (exact) mass is 264 g/mol. The van der Waals surface area contributed by atoms with Gasteiger partial charge in [0.1, 0.15) is 0 Å². The van der Waals surface area contributed by atoms with Gasteiger partial charge >= 0.3 is 0 Å². The Balaban J connectivity index is 1.86. The van der Waals surface area contributed by atoms with Crippen LogP contribution in [0.3, 0.4) is 0 Å². The van der Waals surface area contributed by atoms with E-state index in [1.807, 2.05) is 18.0 Å². The lowest BCUT2D eigenvalue weighted by Gasteiger charge is -2.35. The van der Waals surface area contributed by atoms with Gasteiger partial charge in [0.15, 0.2) is 0 Å². The molecular formula is C13H20N4S. The molecule has 1 atom stereocenters. The second kappa shape index (κ2) is 5.45. The molecule has 1 saturated heterocycles. The quantitative estimate of drug-likeness (QED) is 0.879. The number of fused-ring (bicyclic) bond motifs is 1. The van der Waals surface area contributed by atoms with Crippen molar-refractivity contribution in [3.63, 3.8) is 0 Å². The van der Waals surface area contributed by atoms with Gasteiger partial charge in [-0.25, -0.2) is 9.97 Å². The number of aromatic nitrogens is 2. The SMILES string of the molecule is NCC1CCCCN1c1ncc2c(n1)CCSC2. The Labute approximate surface area is 112 Å². The first-order chi connectivity index (χ1) is 8.88. The average molecular weight is 264 g/mol. The van der Waals surface area contributed by atoms with E-state index in [4.69, 9.17) is 10.7 Å². The molecule has 98 valence electrons. The van der Waals surface area contributed by atoms with E-state index in [0.717, 1.165) is 24.7 Å². The standard InChI is InChI=1S/C13H20N4S/c14-7-11-3-1-2-5-17(11)13-15-8-10-9-18-6-4-12(10)16-13/h8,11H,1-7,9,14H2. The Kier molecular flexibility index (Phi) is 3.70. The second-order valence-electron chi connectivity index (χ2n) is 5.02. The zero-order chi connectivity index (χ0) is 12.4. The molecule has 0 aliphatic carbocycles. The van der Waals surface area contributed by atoms with E-state index in [1.165, 1.54) is 36.3 Å². The van der Waals surface area contributed by atoms with Gasteiger partial charge in [-0.15, -0.1) is 0 Å². The van der Waals surface area contributed by atoms with E-state index in [-0.39, 0.29) is 0 Å². The summed E-state index contributed by atoms with van der Waals surface area (Å²) in [7, 11) is 0. The number of hydrogen-bond acceptors (Lipinski definition) is 5. The van der Waals surface area contributed by atoms with E-state index in [0.29, 0.717) is 12.6 Å². The van der Waals surface area contributed by atoms with Crippen molar-refractivity contribution in [1.29, 1.82) is 0 Å². The molecule has 2 aliphatic heterocycles. The fraction of sp³-hybridized carbons (Fsp3) is 0.692. The van der Waals surface area contributed by atoms with Gasteiger partial charge in [0, 0.05) is 36.6 Å². The van der Waals surface area contributed by atoms with Crippen molar-refractivity contribution in [3.05, 3.63) is 17.5 Å². The fourth-order valence-corrected chi connectivity index (χ4v) is 3.71. The molecule has 3 heterocycles. The van der Waals surface area contributed by atoms with Crippen LogP contribution in [0.25, 0.3) is 0 Å². The van der Waals surface area contributed by atoms with E-state index >= 15 is 0 Å². The van der Waals surface area contributed by atoms with Gasteiger partial charge in [-0.05, 0) is 31.4 Å². The third-order valence-electron chi connectivity index (χ3n) is 3.84. The van der Waals surface area contributed by atoms with E-state index in [1.54, 1.807) is 0 Å². The molecule has 1 aromatic heterocycles. The summed E-state index contributed by atoms with van der Waals surface area (Å²) < 4.78 is 0. The number of rotatable bonds is 2. The molecule has 0 spiro atoms. The van der Waals surface area contributed by atoms with Crippen LogP contribution in [0, 0.1) is 0 Å². The Morgan fingerprint density at radius 1 is 1.44 bits per heavy atom. The van der Waals surface area contributed by atoms with Gasteiger partial charge < -0.3 is 10.6 Å². The summed E-state index contributed by atoms with van der Waals surface area (Å²) in [5, 5.41) is 0. The van der Waals surface area contributed by atoms with Crippen molar-refractivity contribution in [2.24, 2.45) is 5.73 Å². The molecule has 2 N–H and O–H groups in total. The van der Waals surface area contributed by atoms with Crippen molar-refractivity contribution in [2.45, 2.75) is 37.5 Å². The van der Waals surface area contributed by atoms with Crippen LogP contribution >= 0.6 is 11.8 Å². The minimum atomic E-state index is 0.426. The van der Waals surface area contributed by atoms with Crippen LogP contribution in [0.1, 0.15) is 30.5 Å². The topological polar surface area (TPSA) is 55.0 Å². The lowest BCUT2D eigenvalue weighted by atomic mass is 10.0. The van der Waals surface area contributed by atoms with Crippen LogP contribution in [0.15, 0.2) is 6.20 Å². The van der Waals surface area contributed by atoms with Gasteiger partial charge in [0.2, 0.25) is 5.95 Å². The first-order valence-corrected chi connectivity index (χ1v) is 7.93.